The van der Waals surface area contributed by atoms with Crippen LogP contribution in [0, 0.1) is 0 Å². The molecule has 1 atom stereocenters. The van der Waals surface area contributed by atoms with Gasteiger partial charge in [-0.05, 0) is 19.1 Å². The average Bonchev–Trinajstić information content (AvgIpc) is 3.12. The molecule has 3 rings (SSSR count). The highest BCUT2D eigenvalue weighted by molar-refractivity contribution is 14.0. The summed E-state index contributed by atoms with van der Waals surface area (Å²) in [5.74, 6) is 1.61. The normalized spacial score (nSPS) is 12.3. The van der Waals surface area contributed by atoms with Crippen LogP contribution in [0.1, 0.15) is 13.8 Å². The van der Waals surface area contributed by atoms with Crippen molar-refractivity contribution in [3.8, 4) is 0 Å². The number of nitrogens with zero attached hydrogens (tertiary/aromatic N) is 5. The van der Waals surface area contributed by atoms with E-state index in [0.29, 0.717) is 11.8 Å². The Hall–Kier alpha value is -2.08. The zero-order chi connectivity index (χ0) is 20.5. The minimum atomic E-state index is 0. The molecule has 0 spiro atoms. The molecule has 0 saturated heterocycles. The molecule has 0 saturated carbocycles. The highest BCUT2D eigenvalue weighted by Gasteiger charge is 2.07. The molecule has 0 aliphatic heterocycles. The van der Waals surface area contributed by atoms with Crippen LogP contribution in [-0.4, -0.2) is 57.1 Å². The number of benzene rings is 1. The van der Waals surface area contributed by atoms with Gasteiger partial charge in [0.2, 0.25) is 0 Å². The van der Waals surface area contributed by atoms with Gasteiger partial charge in [-0.2, -0.15) is 5.10 Å². The summed E-state index contributed by atoms with van der Waals surface area (Å²) in [6.45, 7) is 7.25. The molecule has 30 heavy (non-hydrogen) atoms. The largest absolute Gasteiger partial charge is 0.368 e. The maximum atomic E-state index is 4.71. The van der Waals surface area contributed by atoms with E-state index in [9.17, 15) is 0 Å². The molecule has 3 aromatic rings. The summed E-state index contributed by atoms with van der Waals surface area (Å²) in [6.07, 6.45) is 3.33. The number of guanidine groups is 1. The van der Waals surface area contributed by atoms with Gasteiger partial charge in [-0.15, -0.1) is 35.7 Å². The van der Waals surface area contributed by atoms with Gasteiger partial charge in [0.1, 0.15) is 12.1 Å². The highest BCUT2D eigenvalue weighted by Crippen LogP contribution is 2.22. The summed E-state index contributed by atoms with van der Waals surface area (Å²) in [6, 6.07) is 10.4. The fourth-order valence-electron chi connectivity index (χ4n) is 2.79. The Bertz CT molecular complexity index is 931. The number of thioether (sulfide) groups is 1. The van der Waals surface area contributed by atoms with E-state index in [0.717, 1.165) is 42.4 Å². The molecule has 0 radical (unpaired) electrons. The van der Waals surface area contributed by atoms with E-state index in [1.807, 2.05) is 24.9 Å². The molecule has 0 amide bonds. The van der Waals surface area contributed by atoms with E-state index in [1.165, 1.54) is 4.90 Å². The van der Waals surface area contributed by atoms with E-state index in [4.69, 9.17) is 4.99 Å². The molecule has 1 aromatic carbocycles. The van der Waals surface area contributed by atoms with Crippen LogP contribution in [0.15, 0.2) is 52.7 Å². The number of rotatable bonds is 9. The fraction of sp³-hybridized carbons (Fsp3) is 0.400. The predicted molar refractivity (Wildman–Crippen MR) is 136 cm³/mol. The number of aliphatic imine (C=N–C) groups is 1. The zero-order valence-corrected chi connectivity index (χ0v) is 20.6. The van der Waals surface area contributed by atoms with E-state index in [2.05, 4.69) is 69.1 Å². The van der Waals surface area contributed by atoms with Gasteiger partial charge in [-0.1, -0.05) is 25.1 Å². The van der Waals surface area contributed by atoms with Gasteiger partial charge in [0.15, 0.2) is 11.6 Å². The van der Waals surface area contributed by atoms with Gasteiger partial charge < -0.3 is 16.0 Å². The first kappa shape index (κ1) is 24.2. The van der Waals surface area contributed by atoms with Gasteiger partial charge in [0.05, 0.1) is 18.1 Å². The minimum Gasteiger partial charge on any atom is -0.368 e. The molecule has 162 valence electrons. The van der Waals surface area contributed by atoms with Crippen LogP contribution < -0.4 is 16.0 Å². The lowest BCUT2D eigenvalue weighted by Crippen LogP contribution is -2.40. The van der Waals surface area contributed by atoms with Gasteiger partial charge in [-0.3, -0.25) is 9.67 Å². The Morgan fingerprint density at radius 2 is 1.97 bits per heavy atom. The second-order valence-corrected chi connectivity index (χ2v) is 8.05. The van der Waals surface area contributed by atoms with Crippen molar-refractivity contribution in [3.63, 3.8) is 0 Å². The van der Waals surface area contributed by atoms with E-state index in [-0.39, 0.29) is 24.0 Å². The molecule has 1 unspecified atom stereocenters. The third-order valence-electron chi connectivity index (χ3n) is 4.17. The van der Waals surface area contributed by atoms with E-state index >= 15 is 0 Å². The number of hydrogen-bond donors (Lipinski definition) is 3. The Kier molecular flexibility index (Phi) is 10.1. The average molecular weight is 540 g/mol. The summed E-state index contributed by atoms with van der Waals surface area (Å²) in [4.78, 5) is 14.6. The Balaban J connectivity index is 0.00000320. The number of hydrogen-bond acceptors (Lipinski definition) is 6. The van der Waals surface area contributed by atoms with Crippen LogP contribution in [-0.2, 0) is 7.05 Å². The van der Waals surface area contributed by atoms with Crippen LogP contribution in [0.25, 0.3) is 11.0 Å². The topological polar surface area (TPSA) is 92.1 Å². The molecule has 0 aliphatic carbocycles. The monoisotopic (exact) mass is 540 g/mol. The Morgan fingerprint density at radius 3 is 2.73 bits per heavy atom. The lowest BCUT2D eigenvalue weighted by molar-refractivity contribution is 0.785. The maximum absolute atomic E-state index is 4.71. The smallest absolute Gasteiger partial charge is 0.191 e. The zero-order valence-electron chi connectivity index (χ0n) is 17.5. The number of halogens is 1. The molecule has 8 nitrogen and oxygen atoms in total. The number of anilines is 1. The van der Waals surface area contributed by atoms with Crippen molar-refractivity contribution < 1.29 is 0 Å². The Labute approximate surface area is 198 Å². The second-order valence-electron chi connectivity index (χ2n) is 6.54. The lowest BCUT2D eigenvalue weighted by Gasteiger charge is -2.14. The molecule has 10 heteroatoms. The number of nitrogens with one attached hydrogen (secondary N) is 3. The van der Waals surface area contributed by atoms with Crippen LogP contribution in [0.2, 0.25) is 0 Å². The number of aromatic nitrogens is 4. The van der Waals surface area contributed by atoms with Crippen molar-refractivity contribution in [1.82, 2.24) is 30.4 Å². The van der Waals surface area contributed by atoms with Crippen molar-refractivity contribution in [2.24, 2.45) is 12.0 Å². The number of aryl methyl sites for hydroxylation is 1. The predicted octanol–water partition coefficient (Wildman–Crippen LogP) is 3.13. The van der Waals surface area contributed by atoms with Gasteiger partial charge in [-0.25, -0.2) is 9.97 Å². The van der Waals surface area contributed by atoms with Crippen LogP contribution in [0.3, 0.4) is 0 Å². The standard InChI is InChI=1S/C20H28N8S.HI/c1-4-21-20(24-12-15(2)29-16-8-6-5-7-9-16)23-11-10-22-18-17-13-27-28(3)19(17)26-14-25-18;/h5-9,13-15H,4,10-12H2,1-3H3,(H2,21,23,24)(H,22,25,26);1H. The van der Waals surface area contributed by atoms with Gasteiger partial charge in [0, 0.05) is 36.8 Å². The van der Waals surface area contributed by atoms with Crippen LogP contribution >= 0.6 is 35.7 Å². The van der Waals surface area contributed by atoms with Crippen molar-refractivity contribution in [2.75, 3.05) is 31.5 Å². The van der Waals surface area contributed by atoms with Crippen LogP contribution in [0.4, 0.5) is 5.82 Å². The Morgan fingerprint density at radius 1 is 1.17 bits per heavy atom. The van der Waals surface area contributed by atoms with E-state index < -0.39 is 0 Å². The molecule has 0 fully saturated rings. The first-order chi connectivity index (χ1) is 14.2. The highest BCUT2D eigenvalue weighted by atomic mass is 127. The summed E-state index contributed by atoms with van der Waals surface area (Å²) in [5.41, 5.74) is 0.815. The van der Waals surface area contributed by atoms with Gasteiger partial charge >= 0.3 is 0 Å². The summed E-state index contributed by atoms with van der Waals surface area (Å²) in [7, 11) is 1.87. The third-order valence-corrected chi connectivity index (χ3v) is 5.27. The molecule has 3 N–H and O–H groups in total. The molecular formula is C20H29IN8S. The molecule has 2 aromatic heterocycles. The molecular weight excluding hydrogens is 511 g/mol. The van der Waals surface area contributed by atoms with Gasteiger partial charge in [0.25, 0.3) is 0 Å². The number of fused-ring (bicyclic) bond motifs is 1. The quantitative estimate of drug-likeness (QED) is 0.126. The van der Waals surface area contributed by atoms with E-state index in [1.54, 1.807) is 17.2 Å². The second kappa shape index (κ2) is 12.6. The van der Waals surface area contributed by atoms with Crippen molar-refractivity contribution in [2.45, 2.75) is 24.0 Å². The molecule has 0 aliphatic rings. The molecule has 2 heterocycles. The maximum Gasteiger partial charge on any atom is 0.191 e. The van der Waals surface area contributed by atoms with Crippen LogP contribution in [0.5, 0.6) is 0 Å². The first-order valence-electron chi connectivity index (χ1n) is 9.78. The first-order valence-corrected chi connectivity index (χ1v) is 10.7. The summed E-state index contributed by atoms with van der Waals surface area (Å²) in [5, 5.41) is 15.6. The summed E-state index contributed by atoms with van der Waals surface area (Å²) < 4.78 is 1.74. The van der Waals surface area contributed by atoms with Crippen molar-refractivity contribution in [3.05, 3.63) is 42.9 Å². The SMILES string of the molecule is CCNC(=NCC(C)Sc1ccccc1)NCCNc1ncnc2c1cnn2C.I. The van der Waals surface area contributed by atoms with Crippen molar-refractivity contribution >= 4 is 58.5 Å². The minimum absolute atomic E-state index is 0. The fourth-order valence-corrected chi connectivity index (χ4v) is 3.72. The summed E-state index contributed by atoms with van der Waals surface area (Å²) >= 11 is 1.84. The third kappa shape index (κ3) is 7.01. The lowest BCUT2D eigenvalue weighted by atomic mass is 10.4. The van der Waals surface area contributed by atoms with Crippen molar-refractivity contribution in [1.29, 1.82) is 0 Å². The molecule has 0 bridgehead atoms.